The molecule has 0 aromatic heterocycles. The number of nitriles is 1. The van der Waals surface area contributed by atoms with Crippen LogP contribution in [0.2, 0.25) is 5.02 Å². The van der Waals surface area contributed by atoms with Gasteiger partial charge in [0.25, 0.3) is 0 Å². The molecule has 1 aliphatic carbocycles. The highest BCUT2D eigenvalue weighted by Gasteiger charge is 2.22. The van der Waals surface area contributed by atoms with Crippen LogP contribution in [0.3, 0.4) is 0 Å². The molecule has 1 unspecified atom stereocenters. The Morgan fingerprint density at radius 1 is 1.20 bits per heavy atom. The van der Waals surface area contributed by atoms with E-state index < -0.39 is 0 Å². The van der Waals surface area contributed by atoms with Gasteiger partial charge in [-0.15, -0.1) is 0 Å². The number of benzene rings is 2. The molecule has 0 saturated heterocycles. The fourth-order valence-corrected chi connectivity index (χ4v) is 2.83. The van der Waals surface area contributed by atoms with Gasteiger partial charge in [-0.1, -0.05) is 35.9 Å². The predicted octanol–water partition coefficient (Wildman–Crippen LogP) is 4.67. The summed E-state index contributed by atoms with van der Waals surface area (Å²) >= 11 is 6.00. The van der Waals surface area contributed by atoms with E-state index in [1.807, 2.05) is 6.07 Å². The lowest BCUT2D eigenvalue weighted by Crippen LogP contribution is -2.15. The molecule has 1 aliphatic rings. The summed E-state index contributed by atoms with van der Waals surface area (Å²) in [4.78, 5) is 0. The molecule has 0 amide bonds. The smallest absolute Gasteiger partial charge is 0.139 e. The van der Waals surface area contributed by atoms with Gasteiger partial charge in [0.2, 0.25) is 0 Å². The van der Waals surface area contributed by atoms with Crippen LogP contribution in [-0.4, -0.2) is 0 Å². The van der Waals surface area contributed by atoms with Crippen molar-refractivity contribution in [2.75, 3.05) is 0 Å². The van der Waals surface area contributed by atoms with E-state index in [2.05, 4.69) is 24.3 Å². The molecule has 0 N–H and O–H groups in total. The Balaban J connectivity index is 1.93. The fraction of sp³-hybridized carbons (Fsp3) is 0.235. The third-order valence-electron chi connectivity index (χ3n) is 3.65. The third-order valence-corrected chi connectivity index (χ3v) is 3.88. The van der Waals surface area contributed by atoms with Crippen molar-refractivity contribution in [3.05, 3.63) is 64.2 Å². The van der Waals surface area contributed by atoms with E-state index in [1.54, 1.807) is 18.2 Å². The minimum absolute atomic E-state index is 0.00511. The Morgan fingerprint density at radius 2 is 2.05 bits per heavy atom. The zero-order valence-corrected chi connectivity index (χ0v) is 11.7. The van der Waals surface area contributed by atoms with Crippen molar-refractivity contribution in [2.45, 2.75) is 25.4 Å². The molecular weight excluding hydrogens is 270 g/mol. The van der Waals surface area contributed by atoms with E-state index in [0.29, 0.717) is 16.3 Å². The number of hydrogen-bond acceptors (Lipinski definition) is 2. The molecule has 0 bridgehead atoms. The van der Waals surface area contributed by atoms with E-state index in [0.717, 1.165) is 19.3 Å². The average molecular weight is 284 g/mol. The number of fused-ring (bicyclic) bond motifs is 1. The lowest BCUT2D eigenvalue weighted by atomic mass is 9.89. The Hall–Kier alpha value is -1.98. The first-order valence-corrected chi connectivity index (χ1v) is 7.10. The lowest BCUT2D eigenvalue weighted by Gasteiger charge is -2.26. The number of aryl methyl sites for hydroxylation is 1. The van der Waals surface area contributed by atoms with E-state index in [9.17, 15) is 0 Å². The van der Waals surface area contributed by atoms with Crippen LogP contribution >= 0.6 is 11.6 Å². The molecule has 0 heterocycles. The molecule has 2 aromatic carbocycles. The molecule has 0 fully saturated rings. The van der Waals surface area contributed by atoms with Crippen molar-refractivity contribution in [3.8, 4) is 11.8 Å². The molecule has 0 spiro atoms. The van der Waals surface area contributed by atoms with Crippen LogP contribution in [0.5, 0.6) is 5.75 Å². The first-order chi connectivity index (χ1) is 9.78. The standard InChI is InChI=1S/C17H14ClNO/c18-14-9-8-13(11-19)17(10-14)20-16-7-3-5-12-4-1-2-6-15(12)16/h1-2,4,6,8-10,16H,3,5,7H2. The summed E-state index contributed by atoms with van der Waals surface area (Å²) in [6, 6.07) is 15.6. The van der Waals surface area contributed by atoms with E-state index >= 15 is 0 Å². The quantitative estimate of drug-likeness (QED) is 0.802. The Morgan fingerprint density at radius 3 is 2.90 bits per heavy atom. The third kappa shape index (κ3) is 2.50. The molecular formula is C17H14ClNO. The number of nitrogens with zero attached hydrogens (tertiary/aromatic N) is 1. The van der Waals surface area contributed by atoms with Crippen molar-refractivity contribution in [3.63, 3.8) is 0 Å². The minimum Gasteiger partial charge on any atom is -0.484 e. The van der Waals surface area contributed by atoms with Crippen molar-refractivity contribution in [2.24, 2.45) is 0 Å². The summed E-state index contributed by atoms with van der Waals surface area (Å²) in [5.74, 6) is 0.571. The second kappa shape index (κ2) is 5.56. The van der Waals surface area contributed by atoms with Crippen LogP contribution in [0.4, 0.5) is 0 Å². The second-order valence-corrected chi connectivity index (χ2v) is 5.39. The summed E-state index contributed by atoms with van der Waals surface area (Å²) in [6.07, 6.45) is 3.17. The molecule has 100 valence electrons. The predicted molar refractivity (Wildman–Crippen MR) is 78.9 cm³/mol. The summed E-state index contributed by atoms with van der Waals surface area (Å²) in [5, 5.41) is 9.75. The molecule has 2 nitrogen and oxygen atoms in total. The molecule has 20 heavy (non-hydrogen) atoms. The van der Waals surface area contributed by atoms with Gasteiger partial charge in [-0.05, 0) is 42.5 Å². The molecule has 2 aromatic rings. The molecule has 0 aliphatic heterocycles. The van der Waals surface area contributed by atoms with E-state index in [4.69, 9.17) is 21.6 Å². The Labute approximate surface area is 123 Å². The maximum atomic E-state index is 9.16. The van der Waals surface area contributed by atoms with Crippen LogP contribution in [0.1, 0.15) is 35.6 Å². The van der Waals surface area contributed by atoms with Gasteiger partial charge in [0.15, 0.2) is 0 Å². The van der Waals surface area contributed by atoms with Crippen LogP contribution < -0.4 is 4.74 Å². The number of rotatable bonds is 2. The minimum atomic E-state index is 0.00511. The van der Waals surface area contributed by atoms with Gasteiger partial charge in [0.1, 0.15) is 17.9 Å². The van der Waals surface area contributed by atoms with Crippen LogP contribution in [0.25, 0.3) is 0 Å². The summed E-state index contributed by atoms with van der Waals surface area (Å²) in [7, 11) is 0. The molecule has 1 atom stereocenters. The zero-order chi connectivity index (χ0) is 13.9. The van der Waals surface area contributed by atoms with Crippen LogP contribution in [0.15, 0.2) is 42.5 Å². The molecule has 3 rings (SSSR count). The monoisotopic (exact) mass is 283 g/mol. The van der Waals surface area contributed by atoms with Gasteiger partial charge < -0.3 is 4.74 Å². The maximum absolute atomic E-state index is 9.16. The maximum Gasteiger partial charge on any atom is 0.139 e. The highest BCUT2D eigenvalue weighted by Crippen LogP contribution is 2.35. The molecule has 0 saturated carbocycles. The first kappa shape index (κ1) is 13.0. The summed E-state index contributed by atoms with van der Waals surface area (Å²) in [5.41, 5.74) is 3.09. The Kier molecular flexibility index (Phi) is 3.62. The van der Waals surface area contributed by atoms with Crippen molar-refractivity contribution >= 4 is 11.6 Å². The summed E-state index contributed by atoms with van der Waals surface area (Å²) in [6.45, 7) is 0. The van der Waals surface area contributed by atoms with Gasteiger partial charge in [-0.2, -0.15) is 5.26 Å². The van der Waals surface area contributed by atoms with E-state index in [1.165, 1.54) is 11.1 Å². The van der Waals surface area contributed by atoms with Gasteiger partial charge in [0.05, 0.1) is 5.56 Å². The van der Waals surface area contributed by atoms with Crippen molar-refractivity contribution in [1.82, 2.24) is 0 Å². The highest BCUT2D eigenvalue weighted by molar-refractivity contribution is 6.30. The van der Waals surface area contributed by atoms with Crippen LogP contribution in [0, 0.1) is 11.3 Å². The number of hydrogen-bond donors (Lipinski definition) is 0. The first-order valence-electron chi connectivity index (χ1n) is 6.72. The Bertz CT molecular complexity index is 675. The number of halogens is 1. The van der Waals surface area contributed by atoms with E-state index in [-0.39, 0.29) is 6.10 Å². The topological polar surface area (TPSA) is 33.0 Å². The van der Waals surface area contributed by atoms with Gasteiger partial charge in [-0.3, -0.25) is 0 Å². The summed E-state index contributed by atoms with van der Waals surface area (Å²) < 4.78 is 6.08. The van der Waals surface area contributed by atoms with Crippen LogP contribution in [-0.2, 0) is 6.42 Å². The van der Waals surface area contributed by atoms with Crippen molar-refractivity contribution in [1.29, 1.82) is 5.26 Å². The van der Waals surface area contributed by atoms with Gasteiger partial charge >= 0.3 is 0 Å². The number of ether oxygens (including phenoxy) is 1. The van der Waals surface area contributed by atoms with Gasteiger partial charge in [-0.25, -0.2) is 0 Å². The van der Waals surface area contributed by atoms with Crippen molar-refractivity contribution < 1.29 is 4.74 Å². The second-order valence-electron chi connectivity index (χ2n) is 4.95. The fourth-order valence-electron chi connectivity index (χ4n) is 2.67. The molecule has 0 radical (unpaired) electrons. The largest absolute Gasteiger partial charge is 0.484 e. The molecule has 3 heteroatoms. The normalized spacial score (nSPS) is 17.1. The highest BCUT2D eigenvalue weighted by atomic mass is 35.5. The SMILES string of the molecule is N#Cc1ccc(Cl)cc1OC1CCCc2ccccc21. The lowest BCUT2D eigenvalue weighted by molar-refractivity contribution is 0.183. The average Bonchev–Trinajstić information content (AvgIpc) is 2.48. The zero-order valence-electron chi connectivity index (χ0n) is 11.0. The van der Waals surface area contributed by atoms with Gasteiger partial charge in [0, 0.05) is 11.1 Å².